The highest BCUT2D eigenvalue weighted by Gasteiger charge is 2.35. The maximum atomic E-state index is 12.7. The van der Waals surface area contributed by atoms with Crippen molar-refractivity contribution >= 4 is 5.91 Å². The molecule has 7 nitrogen and oxygen atoms in total. The van der Waals surface area contributed by atoms with Crippen molar-refractivity contribution in [1.29, 1.82) is 0 Å². The minimum absolute atomic E-state index is 0.0564. The van der Waals surface area contributed by atoms with Crippen LogP contribution in [0.5, 0.6) is 0 Å². The molecule has 2 aromatic heterocycles. The molecule has 0 aliphatic carbocycles. The average molecular weight is 384 g/mol. The number of rotatable bonds is 5. The molecule has 2 aromatic rings. The number of halogens is 3. The highest BCUT2D eigenvalue weighted by Crippen LogP contribution is 2.29. The molecule has 27 heavy (non-hydrogen) atoms. The van der Waals surface area contributed by atoms with Gasteiger partial charge in [-0.05, 0) is 26.9 Å². The Hall–Kier alpha value is -2.36. The van der Waals surface area contributed by atoms with Crippen LogP contribution in [-0.4, -0.2) is 69.2 Å². The van der Waals surface area contributed by atoms with Gasteiger partial charge in [0.05, 0.1) is 0 Å². The van der Waals surface area contributed by atoms with E-state index in [2.05, 4.69) is 19.5 Å². The zero-order valence-corrected chi connectivity index (χ0v) is 15.3. The SMILES string of the molecule is CN(C)CCn1ccnc1[C@@H]1CCCN(C(=O)c2cc(C(F)(F)F)[nH]n2)C1. The molecule has 3 heterocycles. The monoisotopic (exact) mass is 384 g/mol. The molecular formula is C17H23F3N6O. The van der Waals surface area contributed by atoms with Crippen molar-refractivity contribution in [3.8, 4) is 0 Å². The Morgan fingerprint density at radius 3 is 2.85 bits per heavy atom. The number of aromatic amines is 1. The molecular weight excluding hydrogens is 361 g/mol. The zero-order valence-electron chi connectivity index (χ0n) is 15.3. The first kappa shape index (κ1) is 19.4. The van der Waals surface area contributed by atoms with Crippen molar-refractivity contribution in [3.05, 3.63) is 35.7 Å². The molecule has 1 saturated heterocycles. The standard InChI is InChI=1S/C17H23F3N6O/c1-24(2)8-9-25-7-5-21-15(25)12-4-3-6-26(11-12)16(27)13-10-14(23-22-13)17(18,19)20/h5,7,10,12H,3-4,6,8-9,11H2,1-2H3,(H,22,23)/t12-/m1/s1. The number of aromatic nitrogens is 4. The van der Waals surface area contributed by atoms with Gasteiger partial charge in [-0.25, -0.2) is 4.98 Å². The third kappa shape index (κ3) is 4.49. The molecule has 0 spiro atoms. The molecule has 1 fully saturated rings. The first-order valence-corrected chi connectivity index (χ1v) is 8.83. The summed E-state index contributed by atoms with van der Waals surface area (Å²) in [6, 6.07) is 0.768. The van der Waals surface area contributed by atoms with Crippen LogP contribution >= 0.6 is 0 Å². The van der Waals surface area contributed by atoms with Gasteiger partial charge in [0.2, 0.25) is 0 Å². The number of hydrogen-bond donors (Lipinski definition) is 1. The van der Waals surface area contributed by atoms with Crippen LogP contribution in [0.1, 0.15) is 40.8 Å². The van der Waals surface area contributed by atoms with Gasteiger partial charge in [0.15, 0.2) is 5.69 Å². The number of hydrogen-bond acceptors (Lipinski definition) is 4. The van der Waals surface area contributed by atoms with E-state index in [1.807, 2.05) is 25.4 Å². The number of carbonyl (C=O) groups is 1. The number of carbonyl (C=O) groups excluding carboxylic acids is 1. The van der Waals surface area contributed by atoms with Gasteiger partial charge in [-0.3, -0.25) is 9.89 Å². The van der Waals surface area contributed by atoms with Gasteiger partial charge in [0, 0.05) is 50.6 Å². The van der Waals surface area contributed by atoms with Gasteiger partial charge in [-0.15, -0.1) is 0 Å². The van der Waals surface area contributed by atoms with Gasteiger partial charge >= 0.3 is 6.18 Å². The number of imidazole rings is 1. The number of H-pyrrole nitrogens is 1. The molecule has 3 rings (SSSR count). The summed E-state index contributed by atoms with van der Waals surface area (Å²) in [6.45, 7) is 2.58. The summed E-state index contributed by atoms with van der Waals surface area (Å²) >= 11 is 0. The number of likely N-dealkylation sites (tertiary alicyclic amines) is 1. The quantitative estimate of drug-likeness (QED) is 0.858. The Bertz CT molecular complexity index is 782. The van der Waals surface area contributed by atoms with Crippen molar-refractivity contribution in [2.45, 2.75) is 31.5 Å². The number of nitrogens with one attached hydrogen (secondary N) is 1. The lowest BCUT2D eigenvalue weighted by Crippen LogP contribution is -2.40. The van der Waals surface area contributed by atoms with Crippen molar-refractivity contribution in [2.75, 3.05) is 33.7 Å². The van der Waals surface area contributed by atoms with Gasteiger partial charge in [0.25, 0.3) is 5.91 Å². The predicted octanol–water partition coefficient (Wildman–Crippen LogP) is 2.21. The highest BCUT2D eigenvalue weighted by molar-refractivity contribution is 5.92. The van der Waals surface area contributed by atoms with E-state index in [0.29, 0.717) is 13.1 Å². The van der Waals surface area contributed by atoms with Crippen molar-refractivity contribution in [3.63, 3.8) is 0 Å². The van der Waals surface area contributed by atoms with Crippen LogP contribution in [0.15, 0.2) is 18.5 Å². The van der Waals surface area contributed by atoms with E-state index < -0.39 is 17.8 Å². The summed E-state index contributed by atoms with van der Waals surface area (Å²) in [4.78, 5) is 20.7. The topological polar surface area (TPSA) is 70.1 Å². The Balaban J connectivity index is 1.70. The van der Waals surface area contributed by atoms with Crippen LogP contribution in [-0.2, 0) is 12.7 Å². The second kappa shape index (κ2) is 7.71. The molecule has 0 bridgehead atoms. The van der Waals surface area contributed by atoms with Crippen LogP contribution in [0.25, 0.3) is 0 Å². The Morgan fingerprint density at radius 2 is 2.19 bits per heavy atom. The molecule has 0 unspecified atom stereocenters. The third-order valence-electron chi connectivity index (χ3n) is 4.71. The summed E-state index contributed by atoms with van der Waals surface area (Å²) in [5, 5.41) is 5.45. The molecule has 0 saturated carbocycles. The Morgan fingerprint density at radius 1 is 1.41 bits per heavy atom. The molecule has 1 amide bonds. The number of amides is 1. The smallest absolute Gasteiger partial charge is 0.337 e. The molecule has 1 aliphatic heterocycles. The lowest BCUT2D eigenvalue weighted by molar-refractivity contribution is -0.141. The van der Waals surface area contributed by atoms with Crippen molar-refractivity contribution in [1.82, 2.24) is 29.5 Å². The summed E-state index contributed by atoms with van der Waals surface area (Å²) < 4.78 is 40.2. The van der Waals surface area contributed by atoms with E-state index in [1.165, 1.54) is 0 Å². The minimum Gasteiger partial charge on any atom is -0.337 e. The highest BCUT2D eigenvalue weighted by atomic mass is 19.4. The summed E-state index contributed by atoms with van der Waals surface area (Å²) in [7, 11) is 3.99. The fraction of sp³-hybridized carbons (Fsp3) is 0.588. The number of piperidine rings is 1. The van der Waals surface area contributed by atoms with Gasteiger partial charge < -0.3 is 14.4 Å². The number of alkyl halides is 3. The van der Waals surface area contributed by atoms with E-state index in [0.717, 1.165) is 37.8 Å². The van der Waals surface area contributed by atoms with Crippen molar-refractivity contribution in [2.24, 2.45) is 0 Å². The maximum absolute atomic E-state index is 12.7. The van der Waals surface area contributed by atoms with E-state index in [4.69, 9.17) is 0 Å². The largest absolute Gasteiger partial charge is 0.432 e. The fourth-order valence-corrected chi connectivity index (χ4v) is 3.29. The Labute approximate surface area is 155 Å². The van der Waals surface area contributed by atoms with Gasteiger partial charge in [0.1, 0.15) is 11.5 Å². The second-order valence-corrected chi connectivity index (χ2v) is 7.04. The second-order valence-electron chi connectivity index (χ2n) is 7.04. The minimum atomic E-state index is -4.55. The fourth-order valence-electron chi connectivity index (χ4n) is 3.29. The average Bonchev–Trinajstić information content (AvgIpc) is 3.28. The molecule has 0 radical (unpaired) electrons. The first-order chi connectivity index (χ1) is 12.8. The van der Waals surface area contributed by atoms with Crippen LogP contribution in [0, 0.1) is 0 Å². The van der Waals surface area contributed by atoms with Gasteiger partial charge in [-0.1, -0.05) is 0 Å². The summed E-state index contributed by atoms with van der Waals surface area (Å²) in [5.41, 5.74) is -1.22. The van der Waals surface area contributed by atoms with Crippen LogP contribution < -0.4 is 0 Å². The number of nitrogens with zero attached hydrogens (tertiary/aromatic N) is 5. The normalized spacial score (nSPS) is 18.3. The molecule has 148 valence electrons. The van der Waals surface area contributed by atoms with Crippen LogP contribution in [0.2, 0.25) is 0 Å². The summed E-state index contributed by atoms with van der Waals surface area (Å²) in [5.74, 6) is 0.478. The molecule has 0 aromatic carbocycles. The zero-order chi connectivity index (χ0) is 19.6. The van der Waals surface area contributed by atoms with Gasteiger partial charge in [-0.2, -0.15) is 18.3 Å². The lowest BCUT2D eigenvalue weighted by atomic mass is 9.96. The van der Waals surface area contributed by atoms with E-state index in [9.17, 15) is 18.0 Å². The van der Waals surface area contributed by atoms with Crippen LogP contribution in [0.4, 0.5) is 13.2 Å². The predicted molar refractivity (Wildman–Crippen MR) is 92.2 cm³/mol. The van der Waals surface area contributed by atoms with E-state index in [1.54, 1.807) is 11.1 Å². The van der Waals surface area contributed by atoms with E-state index >= 15 is 0 Å². The molecule has 1 aliphatic rings. The molecule has 1 N–H and O–H groups in total. The van der Waals surface area contributed by atoms with Crippen molar-refractivity contribution < 1.29 is 18.0 Å². The van der Waals surface area contributed by atoms with E-state index in [-0.39, 0.29) is 11.6 Å². The third-order valence-corrected chi connectivity index (χ3v) is 4.71. The molecule has 1 atom stereocenters. The Kier molecular flexibility index (Phi) is 5.54. The maximum Gasteiger partial charge on any atom is 0.432 e. The number of likely N-dealkylation sites (N-methyl/N-ethyl adjacent to an activating group) is 1. The van der Waals surface area contributed by atoms with Crippen LogP contribution in [0.3, 0.4) is 0 Å². The first-order valence-electron chi connectivity index (χ1n) is 8.83. The molecule has 10 heteroatoms. The summed E-state index contributed by atoms with van der Waals surface area (Å²) in [6.07, 6.45) is 0.774. The lowest BCUT2D eigenvalue weighted by Gasteiger charge is -2.32.